The molecule has 6 nitrogen and oxygen atoms in total. The van der Waals surface area contributed by atoms with Crippen LogP contribution < -0.4 is 15.8 Å². The minimum absolute atomic E-state index is 0.244. The van der Waals surface area contributed by atoms with E-state index in [1.165, 1.54) is 0 Å². The Hall–Kier alpha value is -2.29. The third kappa shape index (κ3) is 5.24. The van der Waals surface area contributed by atoms with Gasteiger partial charge in [0.25, 0.3) is 0 Å². The van der Waals surface area contributed by atoms with E-state index in [0.29, 0.717) is 11.3 Å². The number of hydrogen-bond donors (Lipinski definition) is 3. The molecule has 0 bridgehead atoms. The number of likely N-dealkylation sites (N-methyl/N-ethyl adjacent to an activating group) is 1. The lowest BCUT2D eigenvalue weighted by Crippen LogP contribution is -2.48. The molecule has 0 spiro atoms. The highest BCUT2D eigenvalue weighted by molar-refractivity contribution is 5.87. The summed E-state index contributed by atoms with van der Waals surface area (Å²) in [7, 11) is 3.11. The van der Waals surface area contributed by atoms with E-state index in [9.17, 15) is 18.0 Å². The number of methoxy groups -OCH3 is 1. The quantitative estimate of drug-likeness (QED) is 0.777. The second kappa shape index (κ2) is 7.64. The molecule has 0 aliphatic rings. The Balaban J connectivity index is 0.000000534. The summed E-state index contributed by atoms with van der Waals surface area (Å²) in [6.07, 6.45) is -5.08. The summed E-state index contributed by atoms with van der Waals surface area (Å²) in [5.74, 6) is -2.38. The second-order valence-electron chi connectivity index (χ2n) is 4.28. The lowest BCUT2D eigenvalue weighted by molar-refractivity contribution is -0.192. The molecule has 1 atom stereocenters. The topological polar surface area (TPSA) is 102 Å². The first-order chi connectivity index (χ1) is 9.98. The molecule has 4 N–H and O–H groups in total. The summed E-state index contributed by atoms with van der Waals surface area (Å²) in [6.45, 7) is 1.66. The van der Waals surface area contributed by atoms with Crippen LogP contribution in [-0.4, -0.2) is 37.3 Å². The lowest BCUT2D eigenvalue weighted by atomic mass is 9.91. The number of rotatable bonds is 3. The molecular weight excluding hydrogens is 305 g/mol. The zero-order valence-corrected chi connectivity index (χ0v) is 12.2. The molecule has 124 valence electrons. The molecule has 22 heavy (non-hydrogen) atoms. The van der Waals surface area contributed by atoms with Crippen LogP contribution in [0.3, 0.4) is 0 Å². The second-order valence-corrected chi connectivity index (χ2v) is 4.28. The first-order valence-corrected chi connectivity index (χ1v) is 5.93. The van der Waals surface area contributed by atoms with Gasteiger partial charge in [-0.05, 0) is 13.0 Å². The number of alkyl halides is 3. The Morgan fingerprint density at radius 1 is 1.27 bits per heavy atom. The third-order valence-corrected chi connectivity index (χ3v) is 2.61. The summed E-state index contributed by atoms with van der Waals surface area (Å²) in [5.41, 5.74) is 5.57. The van der Waals surface area contributed by atoms with E-state index >= 15 is 0 Å². The Labute approximate surface area is 125 Å². The van der Waals surface area contributed by atoms with Gasteiger partial charge in [0.15, 0.2) is 0 Å². The van der Waals surface area contributed by atoms with Crippen LogP contribution in [0.25, 0.3) is 0 Å². The monoisotopic (exact) mass is 322 g/mol. The molecule has 0 radical (unpaired) electrons. The van der Waals surface area contributed by atoms with E-state index in [0.717, 1.165) is 0 Å². The van der Waals surface area contributed by atoms with Gasteiger partial charge >= 0.3 is 12.1 Å². The molecular formula is C13H17F3N2O4. The molecule has 0 aromatic heterocycles. The molecule has 0 unspecified atom stereocenters. The predicted molar refractivity (Wildman–Crippen MR) is 72.3 cm³/mol. The minimum atomic E-state index is -5.08. The molecule has 9 heteroatoms. The Morgan fingerprint density at radius 3 is 2.09 bits per heavy atom. The molecule has 1 amide bonds. The first kappa shape index (κ1) is 19.7. The SMILES string of the molecule is CNC(=O)[C@@](C)(N)c1ccccc1OC.O=C(O)C(F)(F)F. The van der Waals surface area contributed by atoms with Gasteiger partial charge in [-0.25, -0.2) is 4.79 Å². The standard InChI is InChI=1S/C11H16N2O2.C2HF3O2/c1-11(12,10(14)13-2)8-6-4-5-7-9(8)15-3;3-2(4,5)1(6)7/h4-7H,12H2,1-3H3,(H,13,14);(H,6,7)/t11-;/m0./s1. The van der Waals surface area contributed by atoms with E-state index < -0.39 is 17.7 Å². The van der Waals surface area contributed by atoms with Crippen molar-refractivity contribution in [1.29, 1.82) is 0 Å². The number of nitrogens with two attached hydrogens (primary N) is 1. The van der Waals surface area contributed by atoms with Crippen molar-refractivity contribution in [2.45, 2.75) is 18.6 Å². The number of aliphatic carboxylic acids is 1. The Bertz CT molecular complexity index is 530. The van der Waals surface area contributed by atoms with Gasteiger partial charge in [0.05, 0.1) is 7.11 Å². The van der Waals surface area contributed by atoms with Crippen molar-refractivity contribution in [3.05, 3.63) is 29.8 Å². The normalized spacial score (nSPS) is 13.2. The molecule has 1 aromatic rings. The maximum atomic E-state index is 11.6. The number of carboxylic acids is 1. The number of amides is 1. The van der Waals surface area contributed by atoms with Crippen LogP contribution in [0.4, 0.5) is 13.2 Å². The molecule has 0 saturated heterocycles. The van der Waals surface area contributed by atoms with Crippen molar-refractivity contribution >= 4 is 11.9 Å². The first-order valence-electron chi connectivity index (χ1n) is 5.93. The highest BCUT2D eigenvalue weighted by atomic mass is 19.4. The number of benzene rings is 1. The zero-order chi connectivity index (χ0) is 17.6. The van der Waals surface area contributed by atoms with Gasteiger partial charge in [-0.2, -0.15) is 13.2 Å². The average molecular weight is 322 g/mol. The fourth-order valence-electron chi connectivity index (χ4n) is 1.46. The molecule has 0 heterocycles. The van der Waals surface area contributed by atoms with Gasteiger partial charge in [-0.3, -0.25) is 4.79 Å². The van der Waals surface area contributed by atoms with Crippen LogP contribution >= 0.6 is 0 Å². The van der Waals surface area contributed by atoms with Crippen LogP contribution in [0.2, 0.25) is 0 Å². The highest BCUT2D eigenvalue weighted by Gasteiger charge is 2.38. The third-order valence-electron chi connectivity index (χ3n) is 2.61. The van der Waals surface area contributed by atoms with E-state index in [-0.39, 0.29) is 5.91 Å². The summed E-state index contributed by atoms with van der Waals surface area (Å²) in [6, 6.07) is 7.23. The van der Waals surface area contributed by atoms with Gasteiger partial charge in [0, 0.05) is 12.6 Å². The van der Waals surface area contributed by atoms with Crippen molar-refractivity contribution < 1.29 is 32.6 Å². The lowest BCUT2D eigenvalue weighted by Gasteiger charge is -2.24. The Morgan fingerprint density at radius 2 is 1.73 bits per heavy atom. The minimum Gasteiger partial charge on any atom is -0.496 e. The maximum absolute atomic E-state index is 11.6. The number of carbonyl (C=O) groups is 2. The van der Waals surface area contributed by atoms with E-state index in [2.05, 4.69) is 5.32 Å². The van der Waals surface area contributed by atoms with Crippen molar-refractivity contribution in [2.75, 3.05) is 14.2 Å². The number of carbonyl (C=O) groups excluding carboxylic acids is 1. The highest BCUT2D eigenvalue weighted by Crippen LogP contribution is 2.27. The van der Waals surface area contributed by atoms with Crippen molar-refractivity contribution in [3.8, 4) is 5.75 Å². The summed E-state index contributed by atoms with van der Waals surface area (Å²) in [4.78, 5) is 20.5. The van der Waals surface area contributed by atoms with Crippen LogP contribution in [0.15, 0.2) is 24.3 Å². The summed E-state index contributed by atoms with van der Waals surface area (Å²) in [5, 5.41) is 9.66. The zero-order valence-electron chi connectivity index (χ0n) is 12.2. The molecule has 0 aliphatic carbocycles. The number of hydrogen-bond acceptors (Lipinski definition) is 4. The Kier molecular flexibility index (Phi) is 6.85. The number of nitrogens with one attached hydrogen (secondary N) is 1. The van der Waals surface area contributed by atoms with Crippen molar-refractivity contribution in [2.24, 2.45) is 5.73 Å². The molecule has 1 rings (SSSR count). The van der Waals surface area contributed by atoms with E-state index in [1.807, 2.05) is 12.1 Å². The van der Waals surface area contributed by atoms with E-state index in [4.69, 9.17) is 20.4 Å². The van der Waals surface area contributed by atoms with Crippen molar-refractivity contribution in [1.82, 2.24) is 5.32 Å². The van der Waals surface area contributed by atoms with Crippen molar-refractivity contribution in [3.63, 3.8) is 0 Å². The van der Waals surface area contributed by atoms with Gasteiger partial charge in [-0.15, -0.1) is 0 Å². The number of halogens is 3. The van der Waals surface area contributed by atoms with Crippen LogP contribution in [0.5, 0.6) is 5.75 Å². The number of carboxylic acid groups (broad SMARTS) is 1. The molecule has 1 aromatic carbocycles. The fraction of sp³-hybridized carbons (Fsp3) is 0.385. The van der Waals surface area contributed by atoms with E-state index in [1.54, 1.807) is 33.2 Å². The number of ether oxygens (including phenoxy) is 1. The maximum Gasteiger partial charge on any atom is 0.490 e. The molecule has 0 fully saturated rings. The fourth-order valence-corrected chi connectivity index (χ4v) is 1.46. The summed E-state index contributed by atoms with van der Waals surface area (Å²) >= 11 is 0. The smallest absolute Gasteiger partial charge is 0.490 e. The largest absolute Gasteiger partial charge is 0.496 e. The van der Waals surface area contributed by atoms with Gasteiger partial charge < -0.3 is 20.9 Å². The van der Waals surface area contributed by atoms with Gasteiger partial charge in [-0.1, -0.05) is 18.2 Å². The van der Waals surface area contributed by atoms with Gasteiger partial charge in [0.1, 0.15) is 11.3 Å². The molecule has 0 aliphatic heterocycles. The molecule has 0 saturated carbocycles. The summed E-state index contributed by atoms with van der Waals surface area (Å²) < 4.78 is 36.9. The van der Waals surface area contributed by atoms with Crippen LogP contribution in [0.1, 0.15) is 12.5 Å². The van der Waals surface area contributed by atoms with Gasteiger partial charge in [0.2, 0.25) is 5.91 Å². The van der Waals surface area contributed by atoms with Crippen LogP contribution in [0, 0.1) is 0 Å². The van der Waals surface area contributed by atoms with Crippen LogP contribution in [-0.2, 0) is 15.1 Å². The average Bonchev–Trinajstić information content (AvgIpc) is 2.45. The predicted octanol–water partition coefficient (Wildman–Crippen LogP) is 1.25. The number of para-hydroxylation sites is 1.